The lowest BCUT2D eigenvalue weighted by molar-refractivity contribution is 0.100. The summed E-state index contributed by atoms with van der Waals surface area (Å²) in [6, 6.07) is 1.87. The van der Waals surface area contributed by atoms with Crippen LogP contribution < -0.4 is 5.73 Å². The average molecular weight is 254 g/mol. The number of piperidine rings is 1. The largest absolute Gasteiger partial charge is 0.396 e. The van der Waals surface area contributed by atoms with Crippen LogP contribution in [-0.2, 0) is 6.54 Å². The predicted molar refractivity (Wildman–Crippen MR) is 67.9 cm³/mol. The van der Waals surface area contributed by atoms with Gasteiger partial charge in [0.2, 0.25) is 5.91 Å². The van der Waals surface area contributed by atoms with Crippen LogP contribution in [0.4, 0.5) is 0 Å². The SMILES string of the molecule is NC(=O)c1csc(CN2CCCC(CO)C2)c1. The highest BCUT2D eigenvalue weighted by Gasteiger charge is 2.19. The Kier molecular flexibility index (Phi) is 4.15. The molecule has 0 radical (unpaired) electrons. The molecule has 2 rings (SSSR count). The van der Waals surface area contributed by atoms with Crippen molar-refractivity contribution < 1.29 is 9.90 Å². The molecule has 0 aromatic carbocycles. The molecule has 17 heavy (non-hydrogen) atoms. The second kappa shape index (κ2) is 5.62. The van der Waals surface area contributed by atoms with Gasteiger partial charge in [-0.2, -0.15) is 0 Å². The third kappa shape index (κ3) is 3.28. The Labute approximate surface area is 105 Å². The van der Waals surface area contributed by atoms with Crippen molar-refractivity contribution in [1.82, 2.24) is 4.90 Å². The summed E-state index contributed by atoms with van der Waals surface area (Å²) < 4.78 is 0. The Morgan fingerprint density at radius 1 is 1.65 bits per heavy atom. The van der Waals surface area contributed by atoms with Crippen LogP contribution in [-0.4, -0.2) is 35.6 Å². The average Bonchev–Trinajstić information content (AvgIpc) is 2.78. The van der Waals surface area contributed by atoms with Gasteiger partial charge in [0.05, 0.1) is 5.56 Å². The van der Waals surface area contributed by atoms with Crippen LogP contribution in [0.1, 0.15) is 28.1 Å². The van der Waals surface area contributed by atoms with Gasteiger partial charge in [0, 0.05) is 30.0 Å². The van der Waals surface area contributed by atoms with Gasteiger partial charge in [-0.15, -0.1) is 11.3 Å². The molecular formula is C12H18N2O2S. The molecule has 1 aliphatic rings. The van der Waals surface area contributed by atoms with Crippen molar-refractivity contribution >= 4 is 17.2 Å². The van der Waals surface area contributed by atoms with Crippen LogP contribution in [0.15, 0.2) is 11.4 Å². The molecule has 0 aliphatic carbocycles. The normalized spacial score (nSPS) is 21.6. The number of aliphatic hydroxyl groups is 1. The number of aliphatic hydroxyl groups excluding tert-OH is 1. The molecule has 4 nitrogen and oxygen atoms in total. The van der Waals surface area contributed by atoms with E-state index in [1.54, 1.807) is 11.3 Å². The van der Waals surface area contributed by atoms with Crippen molar-refractivity contribution in [2.45, 2.75) is 19.4 Å². The van der Waals surface area contributed by atoms with E-state index in [-0.39, 0.29) is 12.5 Å². The number of hydrogen-bond acceptors (Lipinski definition) is 4. The molecule has 1 aliphatic heterocycles. The molecule has 1 aromatic rings. The van der Waals surface area contributed by atoms with Crippen LogP contribution in [0, 0.1) is 5.92 Å². The molecule has 2 heterocycles. The highest BCUT2D eigenvalue weighted by atomic mass is 32.1. The van der Waals surface area contributed by atoms with Crippen molar-refractivity contribution in [3.63, 3.8) is 0 Å². The van der Waals surface area contributed by atoms with Crippen molar-refractivity contribution in [2.75, 3.05) is 19.7 Å². The molecule has 1 amide bonds. The van der Waals surface area contributed by atoms with Crippen molar-refractivity contribution in [3.8, 4) is 0 Å². The number of primary amides is 1. The van der Waals surface area contributed by atoms with E-state index in [1.165, 1.54) is 0 Å². The number of thiophene rings is 1. The van der Waals surface area contributed by atoms with Gasteiger partial charge in [0.25, 0.3) is 0 Å². The van der Waals surface area contributed by atoms with Crippen molar-refractivity contribution in [2.24, 2.45) is 11.7 Å². The van der Waals surface area contributed by atoms with E-state index in [2.05, 4.69) is 4.90 Å². The van der Waals surface area contributed by atoms with Crippen LogP contribution in [0.5, 0.6) is 0 Å². The number of amides is 1. The summed E-state index contributed by atoms with van der Waals surface area (Å²) in [5, 5.41) is 11.0. The third-order valence-corrected chi connectivity index (χ3v) is 4.10. The first-order valence-corrected chi connectivity index (χ1v) is 6.77. The summed E-state index contributed by atoms with van der Waals surface area (Å²) in [5.74, 6) is 0.0405. The predicted octanol–water partition coefficient (Wildman–Crippen LogP) is 1.05. The number of carbonyl (C=O) groups is 1. The van der Waals surface area contributed by atoms with Gasteiger partial charge in [-0.05, 0) is 31.4 Å². The lowest BCUT2D eigenvalue weighted by atomic mass is 9.99. The van der Waals surface area contributed by atoms with E-state index in [1.807, 2.05) is 11.4 Å². The van der Waals surface area contributed by atoms with Crippen LogP contribution in [0.25, 0.3) is 0 Å². The second-order valence-electron chi connectivity index (χ2n) is 4.59. The highest BCUT2D eigenvalue weighted by Crippen LogP contribution is 2.21. The van der Waals surface area contributed by atoms with Crippen LogP contribution in [0.2, 0.25) is 0 Å². The first kappa shape index (κ1) is 12.5. The fourth-order valence-corrected chi connectivity index (χ4v) is 3.17. The van der Waals surface area contributed by atoms with E-state index in [4.69, 9.17) is 10.8 Å². The molecule has 94 valence electrons. The molecule has 1 unspecified atom stereocenters. The maximum atomic E-state index is 11.0. The molecule has 0 spiro atoms. The minimum absolute atomic E-state index is 0.271. The summed E-state index contributed by atoms with van der Waals surface area (Å²) in [7, 11) is 0. The zero-order valence-corrected chi connectivity index (χ0v) is 10.6. The van der Waals surface area contributed by atoms with E-state index >= 15 is 0 Å². The van der Waals surface area contributed by atoms with Crippen molar-refractivity contribution in [3.05, 3.63) is 21.9 Å². The van der Waals surface area contributed by atoms with Gasteiger partial charge in [0.15, 0.2) is 0 Å². The van der Waals surface area contributed by atoms with Crippen LogP contribution >= 0.6 is 11.3 Å². The number of likely N-dealkylation sites (tertiary alicyclic amines) is 1. The summed E-state index contributed by atoms with van der Waals surface area (Å²) in [5.41, 5.74) is 5.82. The quantitative estimate of drug-likeness (QED) is 0.844. The fourth-order valence-electron chi connectivity index (χ4n) is 2.26. The maximum absolute atomic E-state index is 11.0. The Morgan fingerprint density at radius 2 is 2.47 bits per heavy atom. The maximum Gasteiger partial charge on any atom is 0.249 e. The standard InChI is InChI=1S/C12H18N2O2S/c13-12(16)10-4-11(17-8-10)6-14-3-1-2-9(5-14)7-15/h4,8-9,15H,1-3,5-7H2,(H2,13,16). The molecule has 0 saturated carbocycles. The third-order valence-electron chi connectivity index (χ3n) is 3.18. The van der Waals surface area contributed by atoms with Gasteiger partial charge in [-0.1, -0.05) is 0 Å². The molecule has 0 bridgehead atoms. The molecule has 1 fully saturated rings. The molecule has 3 N–H and O–H groups in total. The molecule has 1 aromatic heterocycles. The second-order valence-corrected chi connectivity index (χ2v) is 5.59. The molecule has 1 saturated heterocycles. The van der Waals surface area contributed by atoms with Gasteiger partial charge >= 0.3 is 0 Å². The zero-order valence-electron chi connectivity index (χ0n) is 9.76. The first-order chi connectivity index (χ1) is 8.19. The number of nitrogens with zero attached hydrogens (tertiary/aromatic N) is 1. The minimum atomic E-state index is -0.362. The Bertz CT molecular complexity index is 392. The minimum Gasteiger partial charge on any atom is -0.396 e. The van der Waals surface area contributed by atoms with E-state index in [0.717, 1.165) is 37.4 Å². The Balaban J connectivity index is 1.93. The van der Waals surface area contributed by atoms with Crippen molar-refractivity contribution in [1.29, 1.82) is 0 Å². The molecule has 1 atom stereocenters. The molecule has 5 heteroatoms. The van der Waals surface area contributed by atoms with E-state index in [0.29, 0.717) is 11.5 Å². The number of nitrogens with two attached hydrogens (primary N) is 1. The van der Waals surface area contributed by atoms with E-state index < -0.39 is 0 Å². The van der Waals surface area contributed by atoms with Gasteiger partial charge in [0.1, 0.15) is 0 Å². The van der Waals surface area contributed by atoms with Gasteiger partial charge < -0.3 is 10.8 Å². The summed E-state index contributed by atoms with van der Waals surface area (Å²) >= 11 is 1.58. The lowest BCUT2D eigenvalue weighted by Gasteiger charge is -2.31. The highest BCUT2D eigenvalue weighted by molar-refractivity contribution is 7.10. The number of hydrogen-bond donors (Lipinski definition) is 2. The summed E-state index contributed by atoms with van der Waals surface area (Å²) in [6.45, 7) is 3.14. The lowest BCUT2D eigenvalue weighted by Crippen LogP contribution is -2.36. The monoisotopic (exact) mass is 254 g/mol. The summed E-state index contributed by atoms with van der Waals surface area (Å²) in [4.78, 5) is 14.5. The summed E-state index contributed by atoms with van der Waals surface area (Å²) in [6.07, 6.45) is 2.25. The van der Waals surface area contributed by atoms with Crippen LogP contribution in [0.3, 0.4) is 0 Å². The Hall–Kier alpha value is -0.910. The number of carbonyl (C=O) groups excluding carboxylic acids is 1. The Morgan fingerprint density at radius 3 is 3.12 bits per heavy atom. The van der Waals surface area contributed by atoms with E-state index in [9.17, 15) is 4.79 Å². The number of rotatable bonds is 4. The van der Waals surface area contributed by atoms with Gasteiger partial charge in [-0.25, -0.2) is 0 Å². The first-order valence-electron chi connectivity index (χ1n) is 5.89. The smallest absolute Gasteiger partial charge is 0.249 e. The topological polar surface area (TPSA) is 66.6 Å². The fraction of sp³-hybridized carbons (Fsp3) is 0.583. The zero-order chi connectivity index (χ0) is 12.3. The molecular weight excluding hydrogens is 236 g/mol. The van der Waals surface area contributed by atoms with Gasteiger partial charge in [-0.3, -0.25) is 9.69 Å².